The summed E-state index contributed by atoms with van der Waals surface area (Å²) in [6, 6.07) is 27.5. The average Bonchev–Trinajstić information content (AvgIpc) is 3.32. The molecule has 3 N–H and O–H groups in total. The third kappa shape index (κ3) is 5.93. The molecule has 0 spiro atoms. The Kier molecular flexibility index (Phi) is 7.26. The number of carbonyl (C=O) groups is 1. The van der Waals surface area contributed by atoms with Gasteiger partial charge in [-0.15, -0.1) is 11.3 Å². The molecule has 5 aromatic rings. The number of nitrogens with one attached hydrogen (secondary N) is 1. The number of rotatable bonds is 8. The van der Waals surface area contributed by atoms with Crippen molar-refractivity contribution in [3.05, 3.63) is 107 Å². The molecule has 0 unspecified atom stereocenters. The first-order chi connectivity index (χ1) is 18.3. The second-order valence-electron chi connectivity index (χ2n) is 8.41. The van der Waals surface area contributed by atoms with Gasteiger partial charge in [-0.05, 0) is 40.6 Å². The molecule has 0 aliphatic rings. The number of amides is 1. The van der Waals surface area contributed by atoms with Crippen LogP contribution >= 0.6 is 19.2 Å². The number of hydrogen-bond donors (Lipinski definition) is 3. The Morgan fingerprint density at radius 3 is 2.45 bits per heavy atom. The maximum Gasteiger partial charge on any atom is 0.524 e. The second-order valence-corrected chi connectivity index (χ2v) is 10.7. The van der Waals surface area contributed by atoms with Crippen LogP contribution in [0.4, 0.5) is 5.69 Å². The zero-order valence-electron chi connectivity index (χ0n) is 20.2. The number of fused-ring (bicyclic) bond motifs is 1. The van der Waals surface area contributed by atoms with Crippen molar-refractivity contribution in [3.63, 3.8) is 0 Å². The largest absolute Gasteiger partial charge is 0.524 e. The highest BCUT2D eigenvalue weighted by Crippen LogP contribution is 2.38. The molecule has 1 aromatic heterocycles. The van der Waals surface area contributed by atoms with Crippen molar-refractivity contribution >= 4 is 41.5 Å². The number of aromatic nitrogens is 1. The Morgan fingerprint density at radius 1 is 0.947 bits per heavy atom. The monoisotopic (exact) mass is 546 g/mol. The Hall–Kier alpha value is -4.01. The van der Waals surface area contributed by atoms with Crippen LogP contribution in [-0.2, 0) is 11.0 Å². The molecule has 8 nitrogen and oxygen atoms in total. The molecule has 0 aliphatic heterocycles. The fraction of sp³-hybridized carbons (Fsp3) is 0.0714. The van der Waals surface area contributed by atoms with Gasteiger partial charge in [0.2, 0.25) is 0 Å². The molecule has 10 heteroatoms. The SMILES string of the molecule is COc1cccc(NC(=O)c2nc(-c3cccc4ccccc34)sc2Cc2ccc(OP(=O)(O)O)cc2)c1. The molecule has 0 atom stereocenters. The minimum atomic E-state index is -4.65. The Morgan fingerprint density at radius 2 is 1.68 bits per heavy atom. The number of methoxy groups -OCH3 is 1. The third-order valence-electron chi connectivity index (χ3n) is 5.77. The van der Waals surface area contributed by atoms with Gasteiger partial charge in [0.05, 0.1) is 7.11 Å². The molecule has 0 bridgehead atoms. The molecule has 0 aliphatic carbocycles. The number of anilines is 1. The van der Waals surface area contributed by atoms with Gasteiger partial charge >= 0.3 is 7.82 Å². The standard InChI is InChI=1S/C28H23N2O6PS/c1-35-22-9-5-8-20(17-22)29-27(31)26-25(16-18-12-14-21(15-13-18)36-37(32,33)34)38-28(30-26)24-11-4-7-19-6-2-3-10-23(19)24/h2-15,17H,16H2,1H3,(H,29,31)(H2,32,33,34). The fourth-order valence-electron chi connectivity index (χ4n) is 4.06. The van der Waals surface area contributed by atoms with Crippen molar-refractivity contribution in [2.75, 3.05) is 12.4 Å². The van der Waals surface area contributed by atoms with Crippen molar-refractivity contribution in [1.29, 1.82) is 0 Å². The lowest BCUT2D eigenvalue weighted by atomic mass is 10.1. The second kappa shape index (κ2) is 10.8. The van der Waals surface area contributed by atoms with Crippen molar-refractivity contribution in [3.8, 4) is 22.1 Å². The van der Waals surface area contributed by atoms with Gasteiger partial charge in [-0.25, -0.2) is 9.55 Å². The zero-order valence-corrected chi connectivity index (χ0v) is 21.9. The van der Waals surface area contributed by atoms with Crippen molar-refractivity contribution in [2.45, 2.75) is 6.42 Å². The van der Waals surface area contributed by atoms with Crippen LogP contribution < -0.4 is 14.6 Å². The normalized spacial score (nSPS) is 11.3. The summed E-state index contributed by atoms with van der Waals surface area (Å²) in [4.78, 5) is 37.0. The van der Waals surface area contributed by atoms with E-state index < -0.39 is 7.82 Å². The van der Waals surface area contributed by atoms with Gasteiger partial charge in [0.15, 0.2) is 0 Å². The van der Waals surface area contributed by atoms with E-state index in [-0.39, 0.29) is 11.7 Å². The molecule has 0 radical (unpaired) electrons. The molecule has 1 amide bonds. The summed E-state index contributed by atoms with van der Waals surface area (Å²) >= 11 is 1.43. The molecular weight excluding hydrogens is 523 g/mol. The lowest BCUT2D eigenvalue weighted by Gasteiger charge is -2.08. The predicted molar refractivity (Wildman–Crippen MR) is 148 cm³/mol. The van der Waals surface area contributed by atoms with Gasteiger partial charge in [0.25, 0.3) is 5.91 Å². The first-order valence-corrected chi connectivity index (χ1v) is 13.9. The van der Waals surface area contributed by atoms with Crippen molar-refractivity contribution in [1.82, 2.24) is 4.98 Å². The first kappa shape index (κ1) is 25.6. The predicted octanol–water partition coefficient (Wildman–Crippen LogP) is 6.29. The van der Waals surface area contributed by atoms with Crippen molar-refractivity contribution in [2.24, 2.45) is 0 Å². The molecule has 1 heterocycles. The van der Waals surface area contributed by atoms with E-state index in [0.717, 1.165) is 26.8 Å². The van der Waals surface area contributed by atoms with Gasteiger partial charge in [0.1, 0.15) is 22.2 Å². The molecule has 0 saturated heterocycles. The summed E-state index contributed by atoms with van der Waals surface area (Å²) in [7, 11) is -3.09. The van der Waals surface area contributed by atoms with Gasteiger partial charge in [-0.3, -0.25) is 14.6 Å². The summed E-state index contributed by atoms with van der Waals surface area (Å²) < 4.78 is 21.0. The molecule has 0 saturated carbocycles. The van der Waals surface area contributed by atoms with Crippen LogP contribution in [-0.4, -0.2) is 27.8 Å². The van der Waals surface area contributed by atoms with Crippen LogP contribution in [0.1, 0.15) is 20.9 Å². The highest BCUT2D eigenvalue weighted by molar-refractivity contribution is 7.46. The number of nitrogens with zero attached hydrogens (tertiary/aromatic N) is 1. The summed E-state index contributed by atoms with van der Waals surface area (Å²) in [5.74, 6) is 0.326. The Balaban J connectivity index is 1.51. The minimum Gasteiger partial charge on any atom is -0.497 e. The third-order valence-corrected chi connectivity index (χ3v) is 7.31. The maximum atomic E-state index is 13.4. The maximum absolute atomic E-state index is 13.4. The summed E-state index contributed by atoms with van der Waals surface area (Å²) in [5, 5.41) is 5.74. The van der Waals surface area contributed by atoms with Crippen molar-refractivity contribution < 1.29 is 28.4 Å². The summed E-state index contributed by atoms with van der Waals surface area (Å²) in [6.45, 7) is 0. The topological polar surface area (TPSA) is 118 Å². The number of phosphoric ester groups is 1. The van der Waals surface area contributed by atoms with Crippen LogP contribution in [0.2, 0.25) is 0 Å². The molecule has 38 heavy (non-hydrogen) atoms. The van der Waals surface area contributed by atoms with Gasteiger partial charge in [0, 0.05) is 28.6 Å². The van der Waals surface area contributed by atoms with E-state index in [9.17, 15) is 9.36 Å². The van der Waals surface area contributed by atoms with Crippen LogP contribution in [0.3, 0.4) is 0 Å². The highest BCUT2D eigenvalue weighted by Gasteiger charge is 2.21. The number of ether oxygens (including phenoxy) is 1. The molecule has 192 valence electrons. The van der Waals surface area contributed by atoms with Gasteiger partial charge < -0.3 is 14.6 Å². The van der Waals surface area contributed by atoms with Crippen LogP contribution in [0.15, 0.2) is 91.0 Å². The van der Waals surface area contributed by atoms with Crippen LogP contribution in [0.5, 0.6) is 11.5 Å². The lowest BCUT2D eigenvalue weighted by Crippen LogP contribution is -2.14. The van der Waals surface area contributed by atoms with Crippen LogP contribution in [0, 0.1) is 0 Å². The Labute approximate surface area is 222 Å². The van der Waals surface area contributed by atoms with E-state index in [0.29, 0.717) is 28.6 Å². The van der Waals surface area contributed by atoms with E-state index in [1.165, 1.54) is 23.5 Å². The lowest BCUT2D eigenvalue weighted by molar-refractivity contribution is 0.102. The van der Waals surface area contributed by atoms with Gasteiger partial charge in [-0.2, -0.15) is 0 Å². The highest BCUT2D eigenvalue weighted by atomic mass is 32.1. The molecule has 5 rings (SSSR count). The first-order valence-electron chi connectivity index (χ1n) is 11.6. The number of benzene rings is 4. The van der Waals surface area contributed by atoms with E-state index in [1.54, 1.807) is 43.5 Å². The summed E-state index contributed by atoms with van der Waals surface area (Å²) in [5.41, 5.74) is 2.64. The van der Waals surface area contributed by atoms with E-state index in [2.05, 4.69) is 9.84 Å². The van der Waals surface area contributed by atoms with Gasteiger partial charge in [-0.1, -0.05) is 60.7 Å². The van der Waals surface area contributed by atoms with Crippen LogP contribution in [0.25, 0.3) is 21.3 Å². The molecular formula is C28H23N2O6PS. The number of thiazole rings is 1. The van der Waals surface area contributed by atoms with E-state index in [4.69, 9.17) is 19.5 Å². The smallest absolute Gasteiger partial charge is 0.497 e. The number of carbonyl (C=O) groups excluding carboxylic acids is 1. The Bertz CT molecular complexity index is 1660. The minimum absolute atomic E-state index is 0.0545. The zero-order chi connectivity index (χ0) is 26.7. The van der Waals surface area contributed by atoms with E-state index >= 15 is 0 Å². The fourth-order valence-corrected chi connectivity index (χ4v) is 5.59. The number of phosphoric acid groups is 1. The summed E-state index contributed by atoms with van der Waals surface area (Å²) in [6.07, 6.45) is 0.388. The average molecular weight is 547 g/mol. The quantitative estimate of drug-likeness (QED) is 0.196. The molecule has 0 fully saturated rings. The number of hydrogen-bond acceptors (Lipinski definition) is 6. The molecule has 4 aromatic carbocycles. The van der Waals surface area contributed by atoms with E-state index in [1.807, 2.05) is 42.5 Å².